The van der Waals surface area contributed by atoms with Crippen LogP contribution in [0.25, 0.3) is 0 Å². The van der Waals surface area contributed by atoms with Crippen molar-refractivity contribution in [3.63, 3.8) is 0 Å². The van der Waals surface area contributed by atoms with Gasteiger partial charge in [-0.05, 0) is 25.2 Å². The number of nitrogens with one attached hydrogen (secondary N) is 1. The average Bonchev–Trinajstić information content (AvgIpc) is 2.93. The summed E-state index contributed by atoms with van der Waals surface area (Å²) < 4.78 is 28.2. The van der Waals surface area contributed by atoms with Crippen molar-refractivity contribution >= 4 is 10.2 Å². The summed E-state index contributed by atoms with van der Waals surface area (Å²) in [5.74, 6) is 0.451. The predicted molar refractivity (Wildman–Crippen MR) is 61.1 cm³/mol. The Balaban J connectivity index is 2.02. The van der Waals surface area contributed by atoms with Gasteiger partial charge in [0.15, 0.2) is 0 Å². The van der Waals surface area contributed by atoms with Gasteiger partial charge in [0.2, 0.25) is 0 Å². The van der Waals surface area contributed by atoms with Crippen LogP contribution in [0.1, 0.15) is 32.6 Å². The highest BCUT2D eigenvalue weighted by Crippen LogP contribution is 2.31. The first kappa shape index (κ1) is 12.3. The van der Waals surface area contributed by atoms with E-state index in [0.717, 1.165) is 25.7 Å². The highest BCUT2D eigenvalue weighted by atomic mass is 32.2. The Kier molecular flexibility index (Phi) is 3.53. The van der Waals surface area contributed by atoms with Crippen LogP contribution in [0.2, 0.25) is 0 Å². The van der Waals surface area contributed by atoms with Gasteiger partial charge in [-0.2, -0.15) is 17.4 Å². The summed E-state index contributed by atoms with van der Waals surface area (Å²) in [5.41, 5.74) is 0. The molecule has 0 radical (unpaired) electrons. The molecule has 5 nitrogen and oxygen atoms in total. The molecule has 3 atom stereocenters. The Labute approximate surface area is 97.0 Å². The van der Waals surface area contributed by atoms with E-state index in [4.69, 9.17) is 0 Å². The molecule has 0 aromatic heterocycles. The zero-order valence-electron chi connectivity index (χ0n) is 9.59. The van der Waals surface area contributed by atoms with Gasteiger partial charge in [0.1, 0.15) is 0 Å². The van der Waals surface area contributed by atoms with Crippen LogP contribution in [0, 0.1) is 5.92 Å². The monoisotopic (exact) mass is 248 g/mol. The lowest BCUT2D eigenvalue weighted by Gasteiger charge is -2.33. The Morgan fingerprint density at radius 2 is 2.12 bits per heavy atom. The Hall–Kier alpha value is -0.170. The number of hydrogen-bond acceptors (Lipinski definition) is 3. The molecular weight excluding hydrogens is 228 g/mol. The molecule has 1 heterocycles. The third-order valence-electron chi connectivity index (χ3n) is 3.50. The minimum atomic E-state index is -3.39. The Bertz CT molecular complexity index is 344. The van der Waals surface area contributed by atoms with Gasteiger partial charge in [-0.15, -0.1) is 0 Å². The van der Waals surface area contributed by atoms with E-state index >= 15 is 0 Å². The molecule has 1 aliphatic carbocycles. The van der Waals surface area contributed by atoms with Crippen LogP contribution in [-0.4, -0.2) is 43.1 Å². The molecule has 16 heavy (non-hydrogen) atoms. The number of aliphatic hydroxyl groups excluding tert-OH is 1. The lowest BCUT2D eigenvalue weighted by atomic mass is 10.1. The second kappa shape index (κ2) is 4.60. The standard InChI is InChI=1S/C10H20N2O3S/c1-8-6-10(8)11-16(14,15)12-5-3-2-4-9(12)7-13/h8-11,13H,2-7H2,1H3. The third kappa shape index (κ3) is 2.56. The van der Waals surface area contributed by atoms with E-state index in [1.807, 2.05) is 6.92 Å². The maximum atomic E-state index is 12.1. The number of hydrogen-bond donors (Lipinski definition) is 2. The zero-order valence-corrected chi connectivity index (χ0v) is 10.4. The van der Waals surface area contributed by atoms with Crippen molar-refractivity contribution in [1.29, 1.82) is 0 Å². The fourth-order valence-corrected chi connectivity index (χ4v) is 4.00. The van der Waals surface area contributed by atoms with Crippen molar-refractivity contribution in [3.05, 3.63) is 0 Å². The van der Waals surface area contributed by atoms with Crippen LogP contribution in [0.5, 0.6) is 0 Å². The lowest BCUT2D eigenvalue weighted by molar-refractivity contribution is 0.154. The van der Waals surface area contributed by atoms with Gasteiger partial charge in [-0.1, -0.05) is 13.3 Å². The van der Waals surface area contributed by atoms with Gasteiger partial charge in [0.25, 0.3) is 10.2 Å². The summed E-state index contributed by atoms with van der Waals surface area (Å²) in [7, 11) is -3.39. The Morgan fingerprint density at radius 1 is 1.44 bits per heavy atom. The molecule has 0 aromatic carbocycles. The Morgan fingerprint density at radius 3 is 2.69 bits per heavy atom. The van der Waals surface area contributed by atoms with E-state index < -0.39 is 10.2 Å². The minimum absolute atomic E-state index is 0.0822. The summed E-state index contributed by atoms with van der Waals surface area (Å²) in [6.45, 7) is 2.48. The van der Waals surface area contributed by atoms with Gasteiger partial charge in [0, 0.05) is 18.6 Å². The molecule has 2 aliphatic rings. The molecule has 3 unspecified atom stereocenters. The van der Waals surface area contributed by atoms with Crippen molar-refractivity contribution in [2.45, 2.75) is 44.7 Å². The van der Waals surface area contributed by atoms with E-state index in [-0.39, 0.29) is 18.7 Å². The van der Waals surface area contributed by atoms with Gasteiger partial charge in [-0.3, -0.25) is 0 Å². The SMILES string of the molecule is CC1CC1NS(=O)(=O)N1CCCCC1CO. The smallest absolute Gasteiger partial charge is 0.280 e. The molecule has 0 spiro atoms. The molecule has 2 N–H and O–H groups in total. The van der Waals surface area contributed by atoms with Gasteiger partial charge >= 0.3 is 0 Å². The average molecular weight is 248 g/mol. The molecule has 1 saturated carbocycles. The first-order valence-corrected chi connectivity index (χ1v) is 7.38. The normalized spacial score (nSPS) is 36.2. The molecule has 0 amide bonds. The maximum Gasteiger partial charge on any atom is 0.280 e. The van der Waals surface area contributed by atoms with Crippen molar-refractivity contribution < 1.29 is 13.5 Å². The predicted octanol–water partition coefficient (Wildman–Crippen LogP) is 0.0760. The van der Waals surface area contributed by atoms with Gasteiger partial charge in [-0.25, -0.2) is 0 Å². The van der Waals surface area contributed by atoms with Crippen LogP contribution in [-0.2, 0) is 10.2 Å². The lowest BCUT2D eigenvalue weighted by Crippen LogP contribution is -2.51. The number of piperidine rings is 1. The van der Waals surface area contributed by atoms with Crippen LogP contribution in [0.15, 0.2) is 0 Å². The van der Waals surface area contributed by atoms with Crippen molar-refractivity contribution in [2.24, 2.45) is 5.92 Å². The van der Waals surface area contributed by atoms with Crippen LogP contribution >= 0.6 is 0 Å². The molecule has 6 heteroatoms. The molecule has 2 fully saturated rings. The highest BCUT2D eigenvalue weighted by molar-refractivity contribution is 7.87. The van der Waals surface area contributed by atoms with Crippen molar-refractivity contribution in [2.75, 3.05) is 13.2 Å². The second-order valence-electron chi connectivity index (χ2n) is 4.89. The molecule has 2 rings (SSSR count). The fraction of sp³-hybridized carbons (Fsp3) is 1.00. The highest BCUT2D eigenvalue weighted by Gasteiger charge is 2.40. The summed E-state index contributed by atoms with van der Waals surface area (Å²) in [6, 6.07) is -0.133. The molecule has 1 aliphatic heterocycles. The summed E-state index contributed by atoms with van der Waals surface area (Å²) in [6.07, 6.45) is 3.57. The topological polar surface area (TPSA) is 69.6 Å². The summed E-state index contributed by atoms with van der Waals surface area (Å²) in [4.78, 5) is 0. The number of aliphatic hydroxyl groups is 1. The molecule has 1 saturated heterocycles. The van der Waals surface area contributed by atoms with Crippen LogP contribution < -0.4 is 4.72 Å². The third-order valence-corrected chi connectivity index (χ3v) is 5.20. The van der Waals surface area contributed by atoms with E-state index in [1.54, 1.807) is 0 Å². The molecule has 94 valence electrons. The minimum Gasteiger partial charge on any atom is -0.395 e. The van der Waals surface area contributed by atoms with Crippen LogP contribution in [0.4, 0.5) is 0 Å². The summed E-state index contributed by atoms with van der Waals surface area (Å²) in [5, 5.41) is 9.19. The van der Waals surface area contributed by atoms with E-state index in [1.165, 1.54) is 4.31 Å². The van der Waals surface area contributed by atoms with Crippen LogP contribution in [0.3, 0.4) is 0 Å². The maximum absolute atomic E-state index is 12.1. The van der Waals surface area contributed by atoms with Gasteiger partial charge in [0.05, 0.1) is 6.61 Å². The number of rotatable bonds is 4. The molecular formula is C10H20N2O3S. The quantitative estimate of drug-likeness (QED) is 0.740. The largest absolute Gasteiger partial charge is 0.395 e. The van der Waals surface area contributed by atoms with E-state index in [9.17, 15) is 13.5 Å². The molecule has 0 bridgehead atoms. The van der Waals surface area contributed by atoms with Gasteiger partial charge < -0.3 is 5.11 Å². The van der Waals surface area contributed by atoms with Crippen molar-refractivity contribution in [1.82, 2.24) is 9.03 Å². The fourth-order valence-electron chi connectivity index (χ4n) is 2.22. The summed E-state index contributed by atoms with van der Waals surface area (Å²) >= 11 is 0. The first-order chi connectivity index (χ1) is 7.54. The number of nitrogens with zero attached hydrogens (tertiary/aromatic N) is 1. The zero-order chi connectivity index (χ0) is 11.8. The van der Waals surface area contributed by atoms with E-state index in [0.29, 0.717) is 12.5 Å². The first-order valence-electron chi connectivity index (χ1n) is 5.94. The molecule has 0 aromatic rings. The second-order valence-corrected chi connectivity index (χ2v) is 6.54. The van der Waals surface area contributed by atoms with Crippen molar-refractivity contribution in [3.8, 4) is 0 Å². The van der Waals surface area contributed by atoms with E-state index in [2.05, 4.69) is 4.72 Å².